The summed E-state index contributed by atoms with van der Waals surface area (Å²) in [6.07, 6.45) is 0. The maximum Gasteiger partial charge on any atom is 0.144 e. The van der Waals surface area contributed by atoms with Gasteiger partial charge in [0.15, 0.2) is 0 Å². The summed E-state index contributed by atoms with van der Waals surface area (Å²) in [5, 5.41) is 17.5. The van der Waals surface area contributed by atoms with E-state index in [1.54, 1.807) is 31.2 Å². The molecule has 0 amide bonds. The molecule has 3 nitrogen and oxygen atoms in total. The molecule has 0 aliphatic heterocycles. The maximum absolute atomic E-state index is 13.4. The van der Waals surface area contributed by atoms with Gasteiger partial charge in [-0.1, -0.05) is 0 Å². The topological polar surface area (TPSA) is 56.8 Å². The van der Waals surface area contributed by atoms with Crippen LogP contribution in [0.1, 0.15) is 16.7 Å². The standard InChI is InChI=1S/C15H9FN2O/c1-10-6-13(4-2-11(10)8-17)19-14-5-3-12(9-18)15(16)7-14/h2-7H,1H3. The highest BCUT2D eigenvalue weighted by Gasteiger charge is 2.05. The van der Waals surface area contributed by atoms with Crippen LogP contribution in [-0.2, 0) is 0 Å². The van der Waals surface area contributed by atoms with Gasteiger partial charge in [0.25, 0.3) is 0 Å². The lowest BCUT2D eigenvalue weighted by molar-refractivity contribution is 0.476. The largest absolute Gasteiger partial charge is 0.457 e. The van der Waals surface area contributed by atoms with Gasteiger partial charge in [-0.2, -0.15) is 10.5 Å². The van der Waals surface area contributed by atoms with E-state index < -0.39 is 5.82 Å². The molecule has 0 atom stereocenters. The molecule has 0 saturated carbocycles. The first-order valence-electron chi connectivity index (χ1n) is 5.52. The molecule has 2 rings (SSSR count). The van der Waals surface area contributed by atoms with Crippen LogP contribution >= 0.6 is 0 Å². The molecular formula is C15H9FN2O. The molecule has 0 aliphatic rings. The zero-order valence-electron chi connectivity index (χ0n) is 10.1. The van der Waals surface area contributed by atoms with Gasteiger partial charge in [-0.25, -0.2) is 4.39 Å². The van der Waals surface area contributed by atoms with Crippen LogP contribution in [0.4, 0.5) is 4.39 Å². The minimum atomic E-state index is -0.620. The highest BCUT2D eigenvalue weighted by molar-refractivity contribution is 5.44. The van der Waals surface area contributed by atoms with E-state index in [4.69, 9.17) is 15.3 Å². The van der Waals surface area contributed by atoms with Gasteiger partial charge in [-0.05, 0) is 42.8 Å². The number of ether oxygens (including phenoxy) is 1. The molecule has 0 saturated heterocycles. The number of benzene rings is 2. The van der Waals surface area contributed by atoms with Crippen molar-refractivity contribution in [3.63, 3.8) is 0 Å². The highest BCUT2D eigenvalue weighted by atomic mass is 19.1. The summed E-state index contributed by atoms with van der Waals surface area (Å²) >= 11 is 0. The SMILES string of the molecule is Cc1cc(Oc2ccc(C#N)c(F)c2)ccc1C#N. The van der Waals surface area contributed by atoms with Crippen LogP contribution in [0.15, 0.2) is 36.4 Å². The first-order chi connectivity index (χ1) is 9.13. The average Bonchev–Trinajstić information content (AvgIpc) is 2.39. The molecule has 0 bridgehead atoms. The number of aryl methyl sites for hydroxylation is 1. The minimum Gasteiger partial charge on any atom is -0.457 e. The molecule has 2 aromatic rings. The van der Waals surface area contributed by atoms with Gasteiger partial charge in [-0.3, -0.25) is 0 Å². The second-order valence-corrected chi connectivity index (χ2v) is 3.94. The summed E-state index contributed by atoms with van der Waals surface area (Å²) in [5.41, 5.74) is 1.33. The predicted octanol–water partition coefficient (Wildman–Crippen LogP) is 3.67. The van der Waals surface area contributed by atoms with Crippen molar-refractivity contribution in [2.75, 3.05) is 0 Å². The zero-order chi connectivity index (χ0) is 13.8. The van der Waals surface area contributed by atoms with Gasteiger partial charge in [0, 0.05) is 6.07 Å². The third-order valence-corrected chi connectivity index (χ3v) is 2.62. The van der Waals surface area contributed by atoms with Crippen molar-refractivity contribution in [1.82, 2.24) is 0 Å². The van der Waals surface area contributed by atoms with Gasteiger partial charge in [0.1, 0.15) is 23.4 Å². The Labute approximate surface area is 110 Å². The predicted molar refractivity (Wildman–Crippen MR) is 67.1 cm³/mol. The van der Waals surface area contributed by atoms with Crippen LogP contribution < -0.4 is 4.74 Å². The van der Waals surface area contributed by atoms with E-state index in [0.717, 1.165) is 11.6 Å². The number of halogens is 1. The summed E-state index contributed by atoms with van der Waals surface area (Å²) in [6, 6.07) is 12.8. The normalized spacial score (nSPS) is 9.47. The highest BCUT2D eigenvalue weighted by Crippen LogP contribution is 2.25. The monoisotopic (exact) mass is 252 g/mol. The van der Waals surface area contributed by atoms with E-state index in [0.29, 0.717) is 17.1 Å². The minimum absolute atomic E-state index is 0.0247. The van der Waals surface area contributed by atoms with Gasteiger partial charge in [-0.15, -0.1) is 0 Å². The molecule has 92 valence electrons. The number of nitriles is 2. The average molecular weight is 252 g/mol. The van der Waals surface area contributed by atoms with Crippen molar-refractivity contribution < 1.29 is 9.13 Å². The lowest BCUT2D eigenvalue weighted by Gasteiger charge is -2.07. The van der Waals surface area contributed by atoms with Gasteiger partial charge < -0.3 is 4.74 Å². The van der Waals surface area contributed by atoms with Crippen LogP contribution in [-0.4, -0.2) is 0 Å². The number of hydrogen-bond donors (Lipinski definition) is 0. The maximum atomic E-state index is 13.4. The fraction of sp³-hybridized carbons (Fsp3) is 0.0667. The van der Waals surface area contributed by atoms with Crippen molar-refractivity contribution >= 4 is 0 Å². The molecular weight excluding hydrogens is 243 g/mol. The summed E-state index contributed by atoms with van der Waals surface area (Å²) in [5.74, 6) is 0.201. The summed E-state index contributed by atoms with van der Waals surface area (Å²) in [4.78, 5) is 0. The lowest BCUT2D eigenvalue weighted by Crippen LogP contribution is -1.90. The molecule has 0 unspecified atom stereocenters. The van der Waals surface area contributed by atoms with Crippen LogP contribution in [0.2, 0.25) is 0 Å². The Kier molecular flexibility index (Phi) is 3.45. The number of rotatable bonds is 2. The first-order valence-corrected chi connectivity index (χ1v) is 5.52. The Morgan fingerprint density at radius 1 is 0.947 bits per heavy atom. The van der Waals surface area contributed by atoms with Crippen LogP contribution in [0.5, 0.6) is 11.5 Å². The molecule has 0 heterocycles. The molecule has 0 spiro atoms. The van der Waals surface area contributed by atoms with Crippen LogP contribution in [0, 0.1) is 35.4 Å². The van der Waals surface area contributed by atoms with Crippen molar-refractivity contribution in [1.29, 1.82) is 10.5 Å². The van der Waals surface area contributed by atoms with E-state index in [1.807, 2.05) is 0 Å². The second-order valence-electron chi connectivity index (χ2n) is 3.94. The molecule has 19 heavy (non-hydrogen) atoms. The van der Waals surface area contributed by atoms with Gasteiger partial charge >= 0.3 is 0 Å². The molecule has 4 heteroatoms. The van der Waals surface area contributed by atoms with E-state index in [9.17, 15) is 4.39 Å². The fourth-order valence-electron chi connectivity index (χ4n) is 1.61. The molecule has 0 aliphatic carbocycles. The van der Waals surface area contributed by atoms with Gasteiger partial charge in [0.05, 0.1) is 17.2 Å². The van der Waals surface area contributed by atoms with Crippen molar-refractivity contribution in [3.8, 4) is 23.6 Å². The lowest BCUT2D eigenvalue weighted by atomic mass is 10.1. The summed E-state index contributed by atoms with van der Waals surface area (Å²) in [7, 11) is 0. The Hall–Kier alpha value is -2.85. The summed E-state index contributed by atoms with van der Waals surface area (Å²) in [6.45, 7) is 1.80. The fourth-order valence-corrected chi connectivity index (χ4v) is 1.61. The van der Waals surface area contributed by atoms with Crippen molar-refractivity contribution in [2.45, 2.75) is 6.92 Å². The van der Waals surface area contributed by atoms with E-state index >= 15 is 0 Å². The Morgan fingerprint density at radius 2 is 1.53 bits per heavy atom. The quantitative estimate of drug-likeness (QED) is 0.819. The van der Waals surface area contributed by atoms with Crippen molar-refractivity contribution in [2.24, 2.45) is 0 Å². The molecule has 0 N–H and O–H groups in total. The molecule has 0 fully saturated rings. The van der Waals surface area contributed by atoms with E-state index in [1.165, 1.54) is 12.1 Å². The van der Waals surface area contributed by atoms with Crippen molar-refractivity contribution in [3.05, 3.63) is 58.9 Å². The molecule has 0 radical (unpaired) electrons. The Bertz CT molecular complexity index is 650. The first kappa shape index (κ1) is 12.6. The van der Waals surface area contributed by atoms with Crippen LogP contribution in [0.25, 0.3) is 0 Å². The molecule has 0 aromatic heterocycles. The van der Waals surface area contributed by atoms with Crippen LogP contribution in [0.3, 0.4) is 0 Å². The third-order valence-electron chi connectivity index (χ3n) is 2.62. The van der Waals surface area contributed by atoms with E-state index in [2.05, 4.69) is 6.07 Å². The summed E-state index contributed by atoms with van der Waals surface area (Å²) < 4.78 is 18.9. The smallest absolute Gasteiger partial charge is 0.144 e. The number of hydrogen-bond acceptors (Lipinski definition) is 3. The molecule has 2 aromatic carbocycles. The number of nitrogens with zero attached hydrogens (tertiary/aromatic N) is 2. The zero-order valence-corrected chi connectivity index (χ0v) is 10.1. The Morgan fingerprint density at radius 3 is 2.05 bits per heavy atom. The second kappa shape index (κ2) is 5.20. The third kappa shape index (κ3) is 2.70. The van der Waals surface area contributed by atoms with Gasteiger partial charge in [0.2, 0.25) is 0 Å². The van der Waals surface area contributed by atoms with E-state index in [-0.39, 0.29) is 5.56 Å². The Balaban J connectivity index is 2.27.